The smallest absolute Gasteiger partial charge is 0.457 e. The van der Waals surface area contributed by atoms with Crippen LogP contribution in [0.15, 0.2) is 97.1 Å². The summed E-state index contributed by atoms with van der Waals surface area (Å²) in [7, 11) is 0. The third-order valence-electron chi connectivity index (χ3n) is 7.23. The summed E-state index contributed by atoms with van der Waals surface area (Å²) in [4.78, 5) is 12.3. The second-order valence-electron chi connectivity index (χ2n) is 12.8. The quantitative estimate of drug-likeness (QED) is 0.182. The molecule has 0 amide bonds. The number of ether oxygens (including phenoxy) is 3. The van der Waals surface area contributed by atoms with Crippen molar-refractivity contribution in [2.45, 2.75) is 71.6 Å². The average molecular weight is 537 g/mol. The molecule has 40 heavy (non-hydrogen) atoms. The topological polar surface area (TPSA) is 44.8 Å². The predicted molar refractivity (Wildman–Crippen MR) is 162 cm³/mol. The molecule has 0 aliphatic heterocycles. The largest absolute Gasteiger partial charge is 0.519 e. The van der Waals surface area contributed by atoms with Crippen LogP contribution in [0, 0.1) is 0 Å². The highest BCUT2D eigenvalue weighted by molar-refractivity contribution is 5.67. The van der Waals surface area contributed by atoms with Crippen molar-refractivity contribution in [3.05, 3.63) is 119 Å². The van der Waals surface area contributed by atoms with Crippen molar-refractivity contribution in [3.63, 3.8) is 0 Å². The molecule has 0 saturated heterocycles. The molecule has 4 aromatic carbocycles. The Kier molecular flexibility index (Phi) is 8.11. The van der Waals surface area contributed by atoms with Crippen LogP contribution in [0.2, 0.25) is 0 Å². The van der Waals surface area contributed by atoms with Crippen LogP contribution in [0.5, 0.6) is 23.0 Å². The van der Waals surface area contributed by atoms with Crippen LogP contribution in [0.4, 0.5) is 4.79 Å². The zero-order chi connectivity index (χ0) is 29.1. The minimum absolute atomic E-state index is 0.0310. The van der Waals surface area contributed by atoms with E-state index in [1.165, 1.54) is 11.1 Å². The van der Waals surface area contributed by atoms with Gasteiger partial charge in [0.25, 0.3) is 0 Å². The molecule has 0 fully saturated rings. The van der Waals surface area contributed by atoms with Gasteiger partial charge in [0.05, 0.1) is 0 Å². The first-order valence-electron chi connectivity index (χ1n) is 13.7. The Hall–Kier alpha value is -4.05. The van der Waals surface area contributed by atoms with Gasteiger partial charge >= 0.3 is 6.16 Å². The van der Waals surface area contributed by atoms with Gasteiger partial charge in [-0.3, -0.25) is 0 Å². The van der Waals surface area contributed by atoms with E-state index in [2.05, 4.69) is 79.7 Å². The molecule has 0 N–H and O–H groups in total. The summed E-state index contributed by atoms with van der Waals surface area (Å²) in [6.45, 7) is 17.3. The van der Waals surface area contributed by atoms with Gasteiger partial charge in [-0.25, -0.2) is 4.79 Å². The first-order valence-corrected chi connectivity index (χ1v) is 13.7. The Balaban J connectivity index is 1.37. The third-order valence-corrected chi connectivity index (χ3v) is 7.23. The van der Waals surface area contributed by atoms with E-state index in [0.29, 0.717) is 11.5 Å². The van der Waals surface area contributed by atoms with E-state index in [0.717, 1.165) is 22.6 Å². The van der Waals surface area contributed by atoms with Crippen molar-refractivity contribution in [1.29, 1.82) is 0 Å². The van der Waals surface area contributed by atoms with E-state index in [-0.39, 0.29) is 16.2 Å². The lowest BCUT2D eigenvalue weighted by atomic mass is 9.78. The van der Waals surface area contributed by atoms with E-state index in [4.69, 9.17) is 14.2 Å². The zero-order valence-electron chi connectivity index (χ0n) is 24.9. The minimum atomic E-state index is -0.765. The van der Waals surface area contributed by atoms with Gasteiger partial charge in [0, 0.05) is 5.41 Å². The summed E-state index contributed by atoms with van der Waals surface area (Å²) in [5.41, 5.74) is 4.56. The van der Waals surface area contributed by atoms with Gasteiger partial charge in [-0.05, 0) is 81.6 Å². The number of carbonyl (C=O) groups excluding carboxylic acids is 1. The van der Waals surface area contributed by atoms with E-state index in [9.17, 15) is 4.79 Å². The maximum Gasteiger partial charge on any atom is 0.519 e. The molecule has 0 radical (unpaired) electrons. The summed E-state index contributed by atoms with van der Waals surface area (Å²) in [6.07, 6.45) is -0.765. The van der Waals surface area contributed by atoms with Gasteiger partial charge in [0.2, 0.25) is 0 Å². The molecule has 0 aliphatic carbocycles. The van der Waals surface area contributed by atoms with Crippen LogP contribution < -0.4 is 14.2 Å². The maximum atomic E-state index is 12.3. The molecule has 0 bridgehead atoms. The highest BCUT2D eigenvalue weighted by atomic mass is 16.7. The molecule has 4 aromatic rings. The number of hydrogen-bond acceptors (Lipinski definition) is 4. The number of carbonyl (C=O) groups is 1. The van der Waals surface area contributed by atoms with Crippen molar-refractivity contribution in [1.82, 2.24) is 0 Å². The number of benzene rings is 4. The molecular formula is C36H40O4. The molecule has 0 spiro atoms. The fraction of sp³-hybridized carbons (Fsp3) is 0.306. The van der Waals surface area contributed by atoms with Crippen LogP contribution in [-0.2, 0) is 16.2 Å². The van der Waals surface area contributed by atoms with Crippen LogP contribution in [0.3, 0.4) is 0 Å². The van der Waals surface area contributed by atoms with Crippen molar-refractivity contribution in [2.24, 2.45) is 0 Å². The predicted octanol–water partition coefficient (Wildman–Crippen LogP) is 9.98. The molecule has 4 nitrogen and oxygen atoms in total. The second kappa shape index (κ2) is 11.2. The Morgan fingerprint density at radius 3 is 1.00 bits per heavy atom. The molecule has 0 aliphatic rings. The van der Waals surface area contributed by atoms with E-state index in [1.54, 1.807) is 24.3 Å². The highest BCUT2D eigenvalue weighted by Gasteiger charge is 2.23. The van der Waals surface area contributed by atoms with E-state index < -0.39 is 6.16 Å². The van der Waals surface area contributed by atoms with Crippen LogP contribution in [-0.4, -0.2) is 6.16 Å². The second-order valence-corrected chi connectivity index (χ2v) is 12.8. The molecule has 208 valence electrons. The first kappa shape index (κ1) is 28.9. The highest BCUT2D eigenvalue weighted by Crippen LogP contribution is 2.34. The van der Waals surface area contributed by atoms with Gasteiger partial charge in [0.15, 0.2) is 0 Å². The van der Waals surface area contributed by atoms with Gasteiger partial charge < -0.3 is 14.2 Å². The van der Waals surface area contributed by atoms with E-state index >= 15 is 0 Å². The molecular weight excluding hydrogens is 496 g/mol. The fourth-order valence-corrected chi connectivity index (χ4v) is 4.44. The van der Waals surface area contributed by atoms with Crippen molar-refractivity contribution in [2.75, 3.05) is 0 Å². The average Bonchev–Trinajstić information content (AvgIpc) is 2.89. The summed E-state index contributed by atoms with van der Waals surface area (Å²) in [5.74, 6) is 2.48. The fourth-order valence-electron chi connectivity index (χ4n) is 4.44. The molecule has 0 atom stereocenters. The molecule has 0 saturated carbocycles. The Labute approximate surface area is 238 Å². The third kappa shape index (κ3) is 7.12. The van der Waals surface area contributed by atoms with Crippen molar-refractivity contribution < 1.29 is 19.0 Å². The van der Waals surface area contributed by atoms with Crippen LogP contribution in [0.1, 0.15) is 77.6 Å². The monoisotopic (exact) mass is 536 g/mol. The SMILES string of the molecule is CC(C)(C)c1ccc(OC(=O)Oc2ccc(C(C)(C)c3ccc(Oc4ccc(C(C)(C)C)cc4)cc3)cc2)cc1. The normalized spacial score (nSPS) is 12.1. The van der Waals surface area contributed by atoms with E-state index in [1.807, 2.05) is 48.5 Å². The van der Waals surface area contributed by atoms with Gasteiger partial charge in [-0.2, -0.15) is 0 Å². The number of rotatable bonds is 6. The molecule has 4 rings (SSSR count). The minimum Gasteiger partial charge on any atom is -0.457 e. The summed E-state index contributed by atoms with van der Waals surface area (Å²) >= 11 is 0. The summed E-state index contributed by atoms with van der Waals surface area (Å²) < 4.78 is 16.8. The molecule has 4 heteroatoms. The van der Waals surface area contributed by atoms with Crippen molar-refractivity contribution >= 4 is 6.16 Å². The lowest BCUT2D eigenvalue weighted by Gasteiger charge is -2.26. The Morgan fingerprint density at radius 1 is 0.425 bits per heavy atom. The zero-order valence-corrected chi connectivity index (χ0v) is 24.9. The Bertz CT molecular complexity index is 1420. The molecule has 0 heterocycles. The lowest BCUT2D eigenvalue weighted by Crippen LogP contribution is -2.19. The summed E-state index contributed by atoms with van der Waals surface area (Å²) in [6, 6.07) is 31.5. The standard InChI is InChI=1S/C36H40O4/c1-34(2,3)25-9-17-29(18-10-25)38-30-21-13-27(14-22-30)36(7,8)28-15-23-32(24-16-28)40-33(37)39-31-19-11-26(12-20-31)35(4,5)6/h9-24H,1-8H3. The maximum absolute atomic E-state index is 12.3. The lowest BCUT2D eigenvalue weighted by molar-refractivity contribution is 0.152. The first-order chi connectivity index (χ1) is 18.7. The van der Waals surface area contributed by atoms with Crippen molar-refractivity contribution in [3.8, 4) is 23.0 Å². The number of hydrogen-bond donors (Lipinski definition) is 0. The Morgan fingerprint density at radius 2 is 0.700 bits per heavy atom. The molecule has 0 aromatic heterocycles. The summed E-state index contributed by atoms with van der Waals surface area (Å²) in [5, 5.41) is 0. The van der Waals surface area contributed by atoms with Gasteiger partial charge in [-0.1, -0.05) is 104 Å². The van der Waals surface area contributed by atoms with Gasteiger partial charge in [0.1, 0.15) is 23.0 Å². The van der Waals surface area contributed by atoms with Crippen LogP contribution >= 0.6 is 0 Å². The molecule has 0 unspecified atom stereocenters. The van der Waals surface area contributed by atoms with Crippen LogP contribution in [0.25, 0.3) is 0 Å². The van der Waals surface area contributed by atoms with Gasteiger partial charge in [-0.15, -0.1) is 0 Å².